The number of halogens is 4. The topological polar surface area (TPSA) is 75.3 Å². The van der Waals surface area contributed by atoms with E-state index in [1.54, 1.807) is 36.4 Å². The fourth-order valence-corrected chi connectivity index (χ4v) is 4.23. The summed E-state index contributed by atoms with van der Waals surface area (Å²) in [6.07, 6.45) is -4.54. The number of alkyl halides is 3. The number of amides is 1. The zero-order valence-corrected chi connectivity index (χ0v) is 19.0. The van der Waals surface area contributed by atoms with Gasteiger partial charge in [0.15, 0.2) is 0 Å². The minimum absolute atomic E-state index is 0.0484. The molecule has 0 fully saturated rings. The summed E-state index contributed by atoms with van der Waals surface area (Å²) in [6.45, 7) is 1.89. The molecule has 5 nitrogen and oxygen atoms in total. The number of hydrogen-bond acceptors (Lipinski definition) is 3. The standard InChI is InChI=1S/C23H20ClF3N2O3S/c1-15-2-8-18(9-3-15)29-33(31,32)19-10-4-16(5-11-19)6-13-22(30)28-21-12-7-17(24)14-20(21)23(25,26)27/h2-5,7-12,14,29H,6,13H2,1H3,(H,28,30). The molecule has 174 valence electrons. The molecule has 0 atom stereocenters. The molecule has 10 heteroatoms. The summed E-state index contributed by atoms with van der Waals surface area (Å²) < 4.78 is 67.0. The van der Waals surface area contributed by atoms with Crippen molar-refractivity contribution in [1.82, 2.24) is 0 Å². The molecule has 0 aliphatic heterocycles. The van der Waals surface area contributed by atoms with Gasteiger partial charge in [0, 0.05) is 17.1 Å². The zero-order chi connectivity index (χ0) is 24.2. The number of aryl methyl sites for hydroxylation is 2. The summed E-state index contributed by atoms with van der Waals surface area (Å²) in [6, 6.07) is 15.9. The highest BCUT2D eigenvalue weighted by molar-refractivity contribution is 7.92. The minimum atomic E-state index is -4.67. The first-order chi connectivity index (χ1) is 15.4. The van der Waals surface area contributed by atoms with Gasteiger partial charge in [0.05, 0.1) is 16.1 Å². The van der Waals surface area contributed by atoms with E-state index in [0.717, 1.165) is 17.7 Å². The summed E-state index contributed by atoms with van der Waals surface area (Å²) in [5, 5.41) is 2.17. The number of carbonyl (C=O) groups excluding carboxylic acids is 1. The van der Waals surface area contributed by atoms with Crippen molar-refractivity contribution in [2.24, 2.45) is 0 Å². The molecular formula is C23H20ClF3N2O3S. The molecule has 1 amide bonds. The Morgan fingerprint density at radius 2 is 1.61 bits per heavy atom. The van der Waals surface area contributed by atoms with Crippen molar-refractivity contribution in [2.75, 3.05) is 10.0 Å². The van der Waals surface area contributed by atoms with E-state index in [4.69, 9.17) is 11.6 Å². The lowest BCUT2D eigenvalue weighted by Gasteiger charge is -2.14. The molecule has 2 N–H and O–H groups in total. The Morgan fingerprint density at radius 3 is 2.21 bits per heavy atom. The van der Waals surface area contributed by atoms with Gasteiger partial charge in [0.25, 0.3) is 10.0 Å². The van der Waals surface area contributed by atoms with Gasteiger partial charge in [-0.2, -0.15) is 13.2 Å². The molecule has 0 aromatic heterocycles. The second kappa shape index (κ2) is 9.84. The minimum Gasteiger partial charge on any atom is -0.325 e. The first-order valence-corrected chi connectivity index (χ1v) is 11.7. The fourth-order valence-electron chi connectivity index (χ4n) is 3.00. The first-order valence-electron chi connectivity index (χ1n) is 9.79. The van der Waals surface area contributed by atoms with Crippen molar-refractivity contribution in [3.63, 3.8) is 0 Å². The van der Waals surface area contributed by atoms with Crippen LogP contribution in [-0.4, -0.2) is 14.3 Å². The van der Waals surface area contributed by atoms with Crippen LogP contribution in [-0.2, 0) is 27.4 Å². The van der Waals surface area contributed by atoms with E-state index in [-0.39, 0.29) is 28.4 Å². The van der Waals surface area contributed by atoms with Crippen LogP contribution in [0.4, 0.5) is 24.5 Å². The summed E-state index contributed by atoms with van der Waals surface area (Å²) in [5.74, 6) is -0.611. The van der Waals surface area contributed by atoms with Crippen LogP contribution in [0, 0.1) is 6.92 Å². The number of hydrogen-bond donors (Lipinski definition) is 2. The average Bonchev–Trinajstić information content (AvgIpc) is 2.74. The predicted octanol–water partition coefficient (Wildman–Crippen LogP) is 6.04. The summed E-state index contributed by atoms with van der Waals surface area (Å²) in [4.78, 5) is 12.2. The van der Waals surface area contributed by atoms with Gasteiger partial charge in [-0.25, -0.2) is 8.42 Å². The van der Waals surface area contributed by atoms with E-state index in [9.17, 15) is 26.4 Å². The van der Waals surface area contributed by atoms with Crippen LogP contribution in [0.15, 0.2) is 71.6 Å². The second-order valence-corrected chi connectivity index (χ2v) is 9.47. The van der Waals surface area contributed by atoms with E-state index >= 15 is 0 Å². The van der Waals surface area contributed by atoms with Gasteiger partial charge in [-0.1, -0.05) is 41.4 Å². The SMILES string of the molecule is Cc1ccc(NS(=O)(=O)c2ccc(CCC(=O)Nc3ccc(Cl)cc3C(F)(F)F)cc2)cc1. The number of sulfonamides is 1. The highest BCUT2D eigenvalue weighted by Crippen LogP contribution is 2.36. The number of nitrogens with one attached hydrogen (secondary N) is 2. The normalized spacial score (nSPS) is 11.8. The lowest BCUT2D eigenvalue weighted by atomic mass is 10.1. The molecule has 0 aliphatic carbocycles. The number of anilines is 2. The number of benzene rings is 3. The Kier molecular flexibility index (Phi) is 7.34. The Labute approximate surface area is 194 Å². The van der Waals surface area contributed by atoms with E-state index < -0.39 is 27.7 Å². The van der Waals surface area contributed by atoms with Crippen molar-refractivity contribution in [3.05, 3.63) is 88.4 Å². The van der Waals surface area contributed by atoms with Gasteiger partial charge < -0.3 is 5.32 Å². The molecule has 0 saturated heterocycles. The smallest absolute Gasteiger partial charge is 0.325 e. The van der Waals surface area contributed by atoms with E-state index in [0.29, 0.717) is 11.3 Å². The molecule has 0 radical (unpaired) electrons. The van der Waals surface area contributed by atoms with Gasteiger partial charge >= 0.3 is 6.18 Å². The van der Waals surface area contributed by atoms with Gasteiger partial charge in [0.2, 0.25) is 5.91 Å². The third-order valence-electron chi connectivity index (χ3n) is 4.74. The van der Waals surface area contributed by atoms with Crippen LogP contribution < -0.4 is 10.0 Å². The molecule has 0 spiro atoms. The molecule has 0 aliphatic rings. The molecule has 0 heterocycles. The number of carbonyl (C=O) groups is 1. The maximum Gasteiger partial charge on any atom is 0.418 e. The van der Waals surface area contributed by atoms with Crippen LogP contribution in [0.25, 0.3) is 0 Å². The average molecular weight is 497 g/mol. The third-order valence-corrected chi connectivity index (χ3v) is 6.37. The van der Waals surface area contributed by atoms with Crippen LogP contribution in [0.2, 0.25) is 5.02 Å². The van der Waals surface area contributed by atoms with E-state index in [1.165, 1.54) is 18.2 Å². The monoisotopic (exact) mass is 496 g/mol. The highest BCUT2D eigenvalue weighted by Gasteiger charge is 2.34. The van der Waals surface area contributed by atoms with Crippen LogP contribution in [0.1, 0.15) is 23.1 Å². The van der Waals surface area contributed by atoms with Crippen LogP contribution in [0.3, 0.4) is 0 Å². The largest absolute Gasteiger partial charge is 0.418 e. The van der Waals surface area contributed by atoms with Crippen molar-refractivity contribution < 1.29 is 26.4 Å². The summed E-state index contributed by atoms with van der Waals surface area (Å²) in [7, 11) is -3.78. The molecule has 3 rings (SSSR count). The Morgan fingerprint density at radius 1 is 0.970 bits per heavy atom. The van der Waals surface area contributed by atoms with Crippen molar-refractivity contribution in [2.45, 2.75) is 30.8 Å². The Balaban J connectivity index is 1.62. The quantitative estimate of drug-likeness (QED) is 0.419. The van der Waals surface area contributed by atoms with Crippen LogP contribution in [0.5, 0.6) is 0 Å². The van der Waals surface area contributed by atoms with Gasteiger partial charge in [0.1, 0.15) is 0 Å². The molecule has 0 saturated carbocycles. The Hall–Kier alpha value is -3.04. The summed E-state index contributed by atoms with van der Waals surface area (Å²) in [5.41, 5.74) is 0.685. The summed E-state index contributed by atoms with van der Waals surface area (Å²) >= 11 is 5.64. The third kappa shape index (κ3) is 6.72. The lowest BCUT2D eigenvalue weighted by Crippen LogP contribution is -2.17. The van der Waals surface area contributed by atoms with E-state index in [2.05, 4.69) is 10.0 Å². The molecule has 0 unspecified atom stereocenters. The van der Waals surface area contributed by atoms with Crippen molar-refractivity contribution >= 4 is 38.9 Å². The van der Waals surface area contributed by atoms with Gasteiger partial charge in [-0.05, 0) is 61.4 Å². The molecule has 0 bridgehead atoms. The van der Waals surface area contributed by atoms with E-state index in [1.807, 2.05) is 6.92 Å². The first kappa shape index (κ1) is 24.6. The Bertz CT molecular complexity index is 1240. The number of rotatable bonds is 7. The lowest BCUT2D eigenvalue weighted by molar-refractivity contribution is -0.137. The molecular weight excluding hydrogens is 477 g/mol. The maximum absolute atomic E-state index is 13.2. The maximum atomic E-state index is 13.2. The molecule has 3 aromatic carbocycles. The van der Waals surface area contributed by atoms with Crippen molar-refractivity contribution in [1.29, 1.82) is 0 Å². The molecule has 3 aromatic rings. The molecule has 33 heavy (non-hydrogen) atoms. The highest BCUT2D eigenvalue weighted by atomic mass is 35.5. The zero-order valence-electron chi connectivity index (χ0n) is 17.4. The van der Waals surface area contributed by atoms with Gasteiger partial charge in [-0.3, -0.25) is 9.52 Å². The predicted molar refractivity (Wildman–Crippen MR) is 122 cm³/mol. The van der Waals surface area contributed by atoms with Crippen LogP contribution >= 0.6 is 11.6 Å². The fraction of sp³-hybridized carbons (Fsp3) is 0.174. The second-order valence-electron chi connectivity index (χ2n) is 7.35. The van der Waals surface area contributed by atoms with Crippen molar-refractivity contribution in [3.8, 4) is 0 Å². The van der Waals surface area contributed by atoms with Gasteiger partial charge in [-0.15, -0.1) is 0 Å².